The van der Waals surface area contributed by atoms with Crippen molar-refractivity contribution >= 4 is 21.6 Å². The van der Waals surface area contributed by atoms with Gasteiger partial charge in [-0.3, -0.25) is 10.1 Å². The van der Waals surface area contributed by atoms with E-state index in [1.54, 1.807) is 6.07 Å². The van der Waals surface area contributed by atoms with Gasteiger partial charge in [-0.05, 0) is 37.1 Å². The number of ether oxygens (including phenoxy) is 1. The summed E-state index contributed by atoms with van der Waals surface area (Å²) in [7, 11) is 0. The van der Waals surface area contributed by atoms with Gasteiger partial charge in [0.2, 0.25) is 11.6 Å². The maximum Gasteiger partial charge on any atom is 0.305 e. The highest BCUT2D eigenvalue weighted by Crippen LogP contribution is 2.29. The minimum atomic E-state index is -0.650. The third kappa shape index (κ3) is 3.17. The van der Waals surface area contributed by atoms with E-state index in [1.165, 1.54) is 12.1 Å². The number of benzene rings is 1. The van der Waals surface area contributed by atoms with Crippen LogP contribution in [0.15, 0.2) is 28.7 Å². The number of hydrogen-bond acceptors (Lipinski definition) is 5. The summed E-state index contributed by atoms with van der Waals surface area (Å²) < 4.78 is 6.56. The quantitative estimate of drug-likeness (QED) is 0.617. The summed E-state index contributed by atoms with van der Waals surface area (Å²) in [5.41, 5.74) is 1.37. The van der Waals surface area contributed by atoms with Gasteiger partial charge in [-0.2, -0.15) is 10.2 Å². The molecule has 0 radical (unpaired) electrons. The standard InChI is InChI=1S/C14H10BrN3O3/c1-8-5-10(6-9(2)14(8)15)21-13-4-3-12(18(19)20)11(7-16)17-13/h3-6H,1-2H3. The summed E-state index contributed by atoms with van der Waals surface area (Å²) >= 11 is 3.46. The number of halogens is 1. The molecular weight excluding hydrogens is 338 g/mol. The van der Waals surface area contributed by atoms with E-state index >= 15 is 0 Å². The summed E-state index contributed by atoms with van der Waals surface area (Å²) in [6.45, 7) is 3.85. The predicted octanol–water partition coefficient (Wildman–Crippen LogP) is 4.03. The van der Waals surface area contributed by atoms with Crippen LogP contribution in [0.3, 0.4) is 0 Å². The second-order valence-electron chi connectivity index (χ2n) is 4.36. The van der Waals surface area contributed by atoms with Crippen LogP contribution in [0.25, 0.3) is 0 Å². The fraction of sp³-hybridized carbons (Fsp3) is 0.143. The molecule has 0 N–H and O–H groups in total. The highest BCUT2D eigenvalue weighted by Gasteiger charge is 2.16. The molecule has 0 aliphatic rings. The molecule has 2 aromatic rings. The molecule has 0 saturated carbocycles. The van der Waals surface area contributed by atoms with E-state index in [-0.39, 0.29) is 17.3 Å². The van der Waals surface area contributed by atoms with Gasteiger partial charge in [-0.25, -0.2) is 0 Å². The van der Waals surface area contributed by atoms with Crippen molar-refractivity contribution < 1.29 is 9.66 Å². The largest absolute Gasteiger partial charge is 0.439 e. The van der Waals surface area contributed by atoms with Gasteiger partial charge in [0, 0.05) is 16.6 Å². The fourth-order valence-electron chi connectivity index (χ4n) is 1.81. The van der Waals surface area contributed by atoms with Crippen molar-refractivity contribution in [3.05, 3.63) is 55.7 Å². The molecule has 1 aromatic heterocycles. The van der Waals surface area contributed by atoms with Gasteiger partial charge in [0.25, 0.3) is 0 Å². The van der Waals surface area contributed by atoms with Gasteiger partial charge >= 0.3 is 5.69 Å². The molecule has 0 aliphatic heterocycles. The van der Waals surface area contributed by atoms with Gasteiger partial charge in [0.05, 0.1) is 4.92 Å². The average molecular weight is 348 g/mol. The number of nitrogens with zero attached hydrogens (tertiary/aromatic N) is 3. The molecule has 0 unspecified atom stereocenters. The summed E-state index contributed by atoms with van der Waals surface area (Å²) in [6.07, 6.45) is 0. The lowest BCUT2D eigenvalue weighted by atomic mass is 10.1. The molecule has 0 spiro atoms. The van der Waals surface area contributed by atoms with Crippen molar-refractivity contribution in [3.8, 4) is 17.7 Å². The van der Waals surface area contributed by atoms with Crippen molar-refractivity contribution in [2.24, 2.45) is 0 Å². The Hall–Kier alpha value is -2.46. The normalized spacial score (nSPS) is 10.0. The SMILES string of the molecule is Cc1cc(Oc2ccc([N+](=O)[O-])c(C#N)n2)cc(C)c1Br. The monoisotopic (exact) mass is 347 g/mol. The zero-order chi connectivity index (χ0) is 15.6. The predicted molar refractivity (Wildman–Crippen MR) is 79.3 cm³/mol. The second kappa shape index (κ2) is 5.89. The van der Waals surface area contributed by atoms with Crippen LogP contribution in [0.1, 0.15) is 16.8 Å². The van der Waals surface area contributed by atoms with Gasteiger partial charge in [0.15, 0.2) is 0 Å². The second-order valence-corrected chi connectivity index (χ2v) is 5.15. The Bertz CT molecular complexity index is 746. The Kier molecular flexibility index (Phi) is 4.19. The number of rotatable bonds is 3. The molecule has 21 heavy (non-hydrogen) atoms. The Morgan fingerprint density at radius 2 is 1.95 bits per heavy atom. The molecule has 0 bridgehead atoms. The van der Waals surface area contributed by atoms with Crippen LogP contribution in [0.2, 0.25) is 0 Å². The third-order valence-corrected chi connectivity index (χ3v) is 4.03. The van der Waals surface area contributed by atoms with Gasteiger partial charge in [-0.1, -0.05) is 15.9 Å². The number of pyridine rings is 1. The minimum absolute atomic E-state index is 0.137. The smallest absolute Gasteiger partial charge is 0.305 e. The molecule has 106 valence electrons. The molecule has 0 aliphatic carbocycles. The molecule has 1 aromatic carbocycles. The zero-order valence-corrected chi connectivity index (χ0v) is 12.8. The third-order valence-electron chi connectivity index (χ3n) is 2.78. The van der Waals surface area contributed by atoms with E-state index in [0.717, 1.165) is 15.6 Å². The summed E-state index contributed by atoms with van der Waals surface area (Å²) in [4.78, 5) is 13.9. The van der Waals surface area contributed by atoms with Crippen LogP contribution in [0.5, 0.6) is 11.6 Å². The fourth-order valence-corrected chi connectivity index (χ4v) is 2.04. The molecule has 7 heteroatoms. The maximum atomic E-state index is 10.7. The van der Waals surface area contributed by atoms with Gasteiger partial charge in [-0.15, -0.1) is 0 Å². The number of aromatic nitrogens is 1. The zero-order valence-electron chi connectivity index (χ0n) is 11.3. The van der Waals surface area contributed by atoms with Crippen molar-refractivity contribution in [3.63, 3.8) is 0 Å². The first-order chi connectivity index (χ1) is 9.92. The van der Waals surface area contributed by atoms with E-state index in [9.17, 15) is 10.1 Å². The van der Waals surface area contributed by atoms with Crippen molar-refractivity contribution in [2.45, 2.75) is 13.8 Å². The lowest BCUT2D eigenvalue weighted by Gasteiger charge is -2.09. The average Bonchev–Trinajstić information content (AvgIpc) is 2.44. The van der Waals surface area contributed by atoms with Crippen LogP contribution >= 0.6 is 15.9 Å². The van der Waals surface area contributed by atoms with Crippen LogP contribution in [-0.2, 0) is 0 Å². The van der Waals surface area contributed by atoms with Gasteiger partial charge < -0.3 is 4.74 Å². The number of aryl methyl sites for hydroxylation is 2. The Morgan fingerprint density at radius 3 is 2.48 bits per heavy atom. The topological polar surface area (TPSA) is 89.0 Å². The lowest BCUT2D eigenvalue weighted by molar-refractivity contribution is -0.385. The molecule has 0 atom stereocenters. The summed E-state index contributed by atoms with van der Waals surface area (Å²) in [5.74, 6) is 0.691. The molecule has 2 rings (SSSR count). The van der Waals surface area contributed by atoms with Crippen molar-refractivity contribution in [2.75, 3.05) is 0 Å². The Morgan fingerprint density at radius 1 is 1.33 bits per heavy atom. The van der Waals surface area contributed by atoms with E-state index in [0.29, 0.717) is 5.75 Å². The van der Waals surface area contributed by atoms with Crippen LogP contribution < -0.4 is 4.74 Å². The van der Waals surface area contributed by atoms with Crippen LogP contribution in [0, 0.1) is 35.3 Å². The molecule has 0 amide bonds. The van der Waals surface area contributed by atoms with Gasteiger partial charge in [0.1, 0.15) is 11.8 Å². The molecule has 0 fully saturated rings. The lowest BCUT2D eigenvalue weighted by Crippen LogP contribution is -1.97. The first-order valence-electron chi connectivity index (χ1n) is 5.92. The Labute approximate surface area is 129 Å². The van der Waals surface area contributed by atoms with E-state index in [2.05, 4.69) is 20.9 Å². The first kappa shape index (κ1) is 14.9. The molecule has 6 nitrogen and oxygen atoms in total. The minimum Gasteiger partial charge on any atom is -0.439 e. The highest BCUT2D eigenvalue weighted by atomic mass is 79.9. The Balaban J connectivity index is 2.37. The molecule has 0 saturated heterocycles. The van der Waals surface area contributed by atoms with Crippen LogP contribution in [0.4, 0.5) is 5.69 Å². The number of hydrogen-bond donors (Lipinski definition) is 0. The van der Waals surface area contributed by atoms with Crippen LogP contribution in [-0.4, -0.2) is 9.91 Å². The first-order valence-corrected chi connectivity index (χ1v) is 6.72. The van der Waals surface area contributed by atoms with Crippen molar-refractivity contribution in [1.82, 2.24) is 4.98 Å². The maximum absolute atomic E-state index is 10.7. The molecular formula is C14H10BrN3O3. The summed E-state index contributed by atoms with van der Waals surface area (Å²) in [5, 5.41) is 19.6. The summed E-state index contributed by atoms with van der Waals surface area (Å²) in [6, 6.07) is 7.89. The number of nitriles is 1. The van der Waals surface area contributed by atoms with E-state index in [1.807, 2.05) is 26.0 Å². The van der Waals surface area contributed by atoms with Crippen molar-refractivity contribution in [1.29, 1.82) is 5.26 Å². The van der Waals surface area contributed by atoms with E-state index in [4.69, 9.17) is 10.00 Å². The molecule has 1 heterocycles. The van der Waals surface area contributed by atoms with E-state index < -0.39 is 4.92 Å². The highest BCUT2D eigenvalue weighted by molar-refractivity contribution is 9.10. The number of nitro groups is 1.